The summed E-state index contributed by atoms with van der Waals surface area (Å²) >= 11 is 0. The number of nitrogens with one attached hydrogen (secondary N) is 1. The highest BCUT2D eigenvalue weighted by molar-refractivity contribution is 6.08. The first-order valence-corrected chi connectivity index (χ1v) is 7.22. The van der Waals surface area contributed by atoms with Crippen LogP contribution in [-0.2, 0) is 0 Å². The van der Waals surface area contributed by atoms with Crippen LogP contribution in [-0.4, -0.2) is 17.4 Å². The first-order chi connectivity index (χ1) is 9.80. The van der Waals surface area contributed by atoms with E-state index in [9.17, 15) is 4.79 Å². The summed E-state index contributed by atoms with van der Waals surface area (Å²) in [5.74, 6) is 0.731. The SMILES string of the molecule is CC(CNC(=O)c1cnc(N)c2ccccc12)C(C)(C)C. The lowest BCUT2D eigenvalue weighted by molar-refractivity contribution is 0.0938. The second-order valence-electron chi connectivity index (χ2n) is 6.58. The van der Waals surface area contributed by atoms with Gasteiger partial charge in [-0.1, -0.05) is 52.0 Å². The van der Waals surface area contributed by atoms with E-state index in [1.165, 1.54) is 0 Å². The Labute approximate surface area is 125 Å². The van der Waals surface area contributed by atoms with E-state index in [4.69, 9.17) is 5.73 Å². The van der Waals surface area contributed by atoms with Gasteiger partial charge in [0.05, 0.1) is 5.56 Å². The fraction of sp³-hybridized carbons (Fsp3) is 0.412. The molecule has 0 spiro atoms. The van der Waals surface area contributed by atoms with Gasteiger partial charge >= 0.3 is 0 Å². The van der Waals surface area contributed by atoms with Crippen molar-refractivity contribution in [3.63, 3.8) is 0 Å². The molecule has 0 radical (unpaired) electrons. The van der Waals surface area contributed by atoms with E-state index < -0.39 is 0 Å². The smallest absolute Gasteiger partial charge is 0.253 e. The van der Waals surface area contributed by atoms with Crippen molar-refractivity contribution in [1.29, 1.82) is 0 Å². The third-order valence-corrected chi connectivity index (χ3v) is 4.12. The molecular formula is C17H23N3O. The zero-order valence-corrected chi connectivity index (χ0v) is 13.1. The molecule has 0 bridgehead atoms. The van der Waals surface area contributed by atoms with Crippen LogP contribution in [0.15, 0.2) is 30.5 Å². The molecule has 0 saturated heterocycles. The monoisotopic (exact) mass is 285 g/mol. The number of nitrogen functional groups attached to an aromatic ring is 1. The van der Waals surface area contributed by atoms with Gasteiger partial charge in [-0.25, -0.2) is 4.98 Å². The summed E-state index contributed by atoms with van der Waals surface area (Å²) in [7, 11) is 0. The van der Waals surface area contributed by atoms with E-state index in [2.05, 4.69) is 38.0 Å². The van der Waals surface area contributed by atoms with E-state index in [0.717, 1.165) is 10.8 Å². The number of hydrogen-bond donors (Lipinski definition) is 2. The quantitative estimate of drug-likeness (QED) is 0.909. The average Bonchev–Trinajstić information content (AvgIpc) is 2.44. The molecule has 2 aromatic rings. The van der Waals surface area contributed by atoms with Crippen LogP contribution in [0.3, 0.4) is 0 Å². The van der Waals surface area contributed by atoms with Gasteiger partial charge in [-0.15, -0.1) is 0 Å². The molecule has 0 saturated carbocycles. The van der Waals surface area contributed by atoms with Gasteiger partial charge in [0, 0.05) is 18.1 Å². The first kappa shape index (κ1) is 15.3. The number of nitrogens with two attached hydrogens (primary N) is 1. The number of aromatic nitrogens is 1. The van der Waals surface area contributed by atoms with Gasteiger partial charge in [-0.05, 0) is 16.7 Å². The number of fused-ring (bicyclic) bond motifs is 1. The molecule has 4 heteroatoms. The van der Waals surface area contributed by atoms with Crippen molar-refractivity contribution < 1.29 is 4.79 Å². The molecule has 1 aromatic carbocycles. The molecule has 0 aliphatic heterocycles. The highest BCUT2D eigenvalue weighted by Crippen LogP contribution is 2.25. The average molecular weight is 285 g/mol. The second kappa shape index (κ2) is 5.72. The van der Waals surface area contributed by atoms with Gasteiger partial charge < -0.3 is 11.1 Å². The lowest BCUT2D eigenvalue weighted by Crippen LogP contribution is -2.33. The fourth-order valence-corrected chi connectivity index (χ4v) is 2.04. The van der Waals surface area contributed by atoms with Crippen LogP contribution in [0.25, 0.3) is 10.8 Å². The summed E-state index contributed by atoms with van der Waals surface area (Å²) in [4.78, 5) is 16.5. The fourth-order valence-electron chi connectivity index (χ4n) is 2.04. The van der Waals surface area contributed by atoms with Crippen molar-refractivity contribution >= 4 is 22.5 Å². The normalized spacial score (nSPS) is 13.1. The molecule has 1 atom stereocenters. The first-order valence-electron chi connectivity index (χ1n) is 7.22. The van der Waals surface area contributed by atoms with Gasteiger partial charge in [0.25, 0.3) is 5.91 Å². The molecular weight excluding hydrogens is 262 g/mol. The molecule has 2 rings (SSSR count). The third kappa shape index (κ3) is 3.32. The molecule has 1 aromatic heterocycles. The highest BCUT2D eigenvalue weighted by Gasteiger charge is 2.21. The second-order valence-corrected chi connectivity index (χ2v) is 6.58. The van der Waals surface area contributed by atoms with Crippen LogP contribution in [0.5, 0.6) is 0 Å². The number of carbonyl (C=O) groups excluding carboxylic acids is 1. The van der Waals surface area contributed by atoms with Crippen LogP contribution in [0.2, 0.25) is 0 Å². The van der Waals surface area contributed by atoms with E-state index >= 15 is 0 Å². The van der Waals surface area contributed by atoms with Gasteiger partial charge in [-0.3, -0.25) is 4.79 Å². The lowest BCUT2D eigenvalue weighted by Gasteiger charge is -2.27. The van der Waals surface area contributed by atoms with E-state index in [0.29, 0.717) is 23.8 Å². The summed E-state index contributed by atoms with van der Waals surface area (Å²) in [6, 6.07) is 7.57. The number of benzene rings is 1. The summed E-state index contributed by atoms with van der Waals surface area (Å²) < 4.78 is 0. The Balaban J connectivity index is 2.23. The zero-order valence-electron chi connectivity index (χ0n) is 13.1. The zero-order chi connectivity index (χ0) is 15.6. The number of hydrogen-bond acceptors (Lipinski definition) is 3. The Bertz CT molecular complexity index is 659. The number of rotatable bonds is 3. The predicted octanol–water partition coefficient (Wildman–Crippen LogP) is 3.23. The molecule has 0 fully saturated rings. The number of nitrogens with zero attached hydrogens (tertiary/aromatic N) is 1. The Morgan fingerprint density at radius 1 is 1.29 bits per heavy atom. The van der Waals surface area contributed by atoms with Crippen LogP contribution >= 0.6 is 0 Å². The number of anilines is 1. The molecule has 0 aliphatic rings. The molecule has 0 aliphatic carbocycles. The van der Waals surface area contributed by atoms with Crippen molar-refractivity contribution in [1.82, 2.24) is 10.3 Å². The highest BCUT2D eigenvalue weighted by atomic mass is 16.1. The minimum atomic E-state index is -0.102. The minimum absolute atomic E-state index is 0.102. The standard InChI is InChI=1S/C17H23N3O/c1-11(17(2,3)4)9-20-16(21)14-10-19-15(18)13-8-6-5-7-12(13)14/h5-8,10-11H,9H2,1-4H3,(H2,18,19)(H,20,21). The summed E-state index contributed by atoms with van der Waals surface area (Å²) in [6.45, 7) is 9.29. The maximum absolute atomic E-state index is 12.4. The Morgan fingerprint density at radius 2 is 1.90 bits per heavy atom. The summed E-state index contributed by atoms with van der Waals surface area (Å²) in [5.41, 5.74) is 6.59. The molecule has 21 heavy (non-hydrogen) atoms. The van der Waals surface area contributed by atoms with Crippen LogP contribution < -0.4 is 11.1 Å². The maximum Gasteiger partial charge on any atom is 0.253 e. The largest absolute Gasteiger partial charge is 0.383 e. The third-order valence-electron chi connectivity index (χ3n) is 4.12. The van der Waals surface area contributed by atoms with Crippen LogP contribution in [0, 0.1) is 11.3 Å². The minimum Gasteiger partial charge on any atom is -0.383 e. The number of pyridine rings is 1. The van der Waals surface area contributed by atoms with Gasteiger partial charge in [0.1, 0.15) is 5.82 Å². The molecule has 112 valence electrons. The number of carbonyl (C=O) groups is 1. The maximum atomic E-state index is 12.4. The molecule has 4 nitrogen and oxygen atoms in total. The number of amides is 1. The van der Waals surface area contributed by atoms with Crippen molar-refractivity contribution in [3.05, 3.63) is 36.0 Å². The van der Waals surface area contributed by atoms with Gasteiger partial charge in [0.15, 0.2) is 0 Å². The molecule has 1 unspecified atom stereocenters. The lowest BCUT2D eigenvalue weighted by atomic mass is 9.82. The van der Waals surface area contributed by atoms with Crippen molar-refractivity contribution in [2.45, 2.75) is 27.7 Å². The molecule has 3 N–H and O–H groups in total. The van der Waals surface area contributed by atoms with Crippen LogP contribution in [0.1, 0.15) is 38.1 Å². The van der Waals surface area contributed by atoms with E-state index in [-0.39, 0.29) is 11.3 Å². The van der Waals surface area contributed by atoms with Gasteiger partial charge in [0.2, 0.25) is 0 Å². The van der Waals surface area contributed by atoms with E-state index in [1.54, 1.807) is 6.20 Å². The van der Waals surface area contributed by atoms with Gasteiger partial charge in [-0.2, -0.15) is 0 Å². The predicted molar refractivity (Wildman–Crippen MR) is 87.1 cm³/mol. The van der Waals surface area contributed by atoms with Crippen LogP contribution in [0.4, 0.5) is 5.82 Å². The molecule has 1 heterocycles. The summed E-state index contributed by atoms with van der Waals surface area (Å²) in [6.07, 6.45) is 1.55. The Morgan fingerprint density at radius 3 is 2.52 bits per heavy atom. The topological polar surface area (TPSA) is 68.0 Å². The van der Waals surface area contributed by atoms with Crippen molar-refractivity contribution in [2.24, 2.45) is 11.3 Å². The van der Waals surface area contributed by atoms with E-state index in [1.807, 2.05) is 24.3 Å². The van der Waals surface area contributed by atoms with Crippen molar-refractivity contribution in [2.75, 3.05) is 12.3 Å². The Hall–Kier alpha value is -2.10. The Kier molecular flexibility index (Phi) is 4.16. The van der Waals surface area contributed by atoms with Crippen molar-refractivity contribution in [3.8, 4) is 0 Å². The molecule has 1 amide bonds. The summed E-state index contributed by atoms with van der Waals surface area (Å²) in [5, 5.41) is 4.65.